The van der Waals surface area contributed by atoms with Crippen LogP contribution in [0.5, 0.6) is 0 Å². The summed E-state index contributed by atoms with van der Waals surface area (Å²) in [6.45, 7) is 0.445. The lowest BCUT2D eigenvalue weighted by Gasteiger charge is -2.03. The van der Waals surface area contributed by atoms with Gasteiger partial charge in [-0.05, 0) is 23.3 Å². The van der Waals surface area contributed by atoms with Crippen LogP contribution in [0.3, 0.4) is 0 Å². The predicted octanol–water partition coefficient (Wildman–Crippen LogP) is 2.19. The summed E-state index contributed by atoms with van der Waals surface area (Å²) in [6, 6.07) is 5.75. The number of imidazole rings is 1. The maximum Gasteiger partial charge on any atom is 0.0924 e. The van der Waals surface area contributed by atoms with Gasteiger partial charge in [0.05, 0.1) is 18.2 Å². The Kier molecular flexibility index (Phi) is 2.52. The third-order valence-electron chi connectivity index (χ3n) is 2.07. The summed E-state index contributed by atoms with van der Waals surface area (Å²) in [6.07, 6.45) is 3.41. The molecule has 0 atom stereocenters. The van der Waals surface area contributed by atoms with Crippen molar-refractivity contribution < 1.29 is 0 Å². The van der Waals surface area contributed by atoms with Gasteiger partial charge in [-0.1, -0.05) is 17.7 Å². The van der Waals surface area contributed by atoms with E-state index in [0.29, 0.717) is 11.6 Å². The van der Waals surface area contributed by atoms with Crippen LogP contribution in [0.2, 0.25) is 5.02 Å². The second-order valence-corrected chi connectivity index (χ2v) is 3.38. The maximum atomic E-state index is 5.95. The van der Waals surface area contributed by atoms with E-state index in [1.54, 1.807) is 12.5 Å². The average Bonchev–Trinajstić information content (AvgIpc) is 2.71. The molecule has 0 saturated heterocycles. The fourth-order valence-electron chi connectivity index (χ4n) is 1.31. The zero-order valence-electron chi connectivity index (χ0n) is 7.50. The highest BCUT2D eigenvalue weighted by atomic mass is 35.5. The Morgan fingerprint density at radius 2 is 2.29 bits per heavy atom. The summed E-state index contributed by atoms with van der Waals surface area (Å²) in [7, 11) is 0. The van der Waals surface area contributed by atoms with E-state index in [2.05, 4.69) is 9.97 Å². The number of nitrogens with zero attached hydrogens (tertiary/aromatic N) is 1. The van der Waals surface area contributed by atoms with Crippen LogP contribution in [-0.4, -0.2) is 9.97 Å². The molecule has 3 N–H and O–H groups in total. The molecule has 0 saturated carbocycles. The van der Waals surface area contributed by atoms with Gasteiger partial charge in [-0.3, -0.25) is 0 Å². The topological polar surface area (TPSA) is 54.7 Å². The lowest BCUT2D eigenvalue weighted by atomic mass is 10.1. The molecule has 0 aliphatic rings. The lowest BCUT2D eigenvalue weighted by molar-refractivity contribution is 1.07. The number of halogens is 1. The van der Waals surface area contributed by atoms with Crippen LogP contribution in [0.15, 0.2) is 30.7 Å². The van der Waals surface area contributed by atoms with Crippen molar-refractivity contribution in [1.29, 1.82) is 0 Å². The summed E-state index contributed by atoms with van der Waals surface area (Å²) in [4.78, 5) is 6.99. The van der Waals surface area contributed by atoms with E-state index in [4.69, 9.17) is 17.3 Å². The minimum atomic E-state index is 0.445. The summed E-state index contributed by atoms with van der Waals surface area (Å²) in [5.74, 6) is 0. The molecule has 1 aromatic heterocycles. The molecule has 2 aromatic rings. The zero-order chi connectivity index (χ0) is 9.97. The second kappa shape index (κ2) is 3.82. The molecular formula is C10H10ClN3. The Morgan fingerprint density at radius 1 is 1.43 bits per heavy atom. The largest absolute Gasteiger partial charge is 0.345 e. The first-order valence-corrected chi connectivity index (χ1v) is 4.66. The Morgan fingerprint density at radius 3 is 2.93 bits per heavy atom. The van der Waals surface area contributed by atoms with Crippen molar-refractivity contribution in [1.82, 2.24) is 9.97 Å². The first kappa shape index (κ1) is 9.24. The molecule has 0 unspecified atom stereocenters. The van der Waals surface area contributed by atoms with Crippen LogP contribution in [0.25, 0.3) is 11.3 Å². The summed E-state index contributed by atoms with van der Waals surface area (Å²) >= 11 is 5.95. The van der Waals surface area contributed by atoms with Gasteiger partial charge in [0, 0.05) is 11.6 Å². The summed E-state index contributed by atoms with van der Waals surface area (Å²) < 4.78 is 0. The van der Waals surface area contributed by atoms with Gasteiger partial charge in [0.1, 0.15) is 0 Å². The normalized spacial score (nSPS) is 10.4. The highest BCUT2D eigenvalue weighted by Crippen LogP contribution is 2.23. The average molecular weight is 208 g/mol. The number of rotatable bonds is 2. The van der Waals surface area contributed by atoms with E-state index in [0.717, 1.165) is 16.8 Å². The molecule has 72 valence electrons. The van der Waals surface area contributed by atoms with Crippen molar-refractivity contribution in [2.45, 2.75) is 6.54 Å². The molecule has 0 aliphatic heterocycles. The molecule has 1 aromatic carbocycles. The van der Waals surface area contributed by atoms with Crippen LogP contribution in [0, 0.1) is 0 Å². The molecule has 0 spiro atoms. The molecule has 0 fully saturated rings. The first-order valence-electron chi connectivity index (χ1n) is 4.28. The Labute approximate surface area is 86.9 Å². The molecule has 14 heavy (non-hydrogen) atoms. The van der Waals surface area contributed by atoms with Gasteiger partial charge in [0.25, 0.3) is 0 Å². The number of H-pyrrole nitrogens is 1. The van der Waals surface area contributed by atoms with Crippen LogP contribution < -0.4 is 5.73 Å². The van der Waals surface area contributed by atoms with Gasteiger partial charge in [-0.25, -0.2) is 4.98 Å². The highest BCUT2D eigenvalue weighted by Gasteiger charge is 2.02. The predicted molar refractivity (Wildman–Crippen MR) is 56.9 cm³/mol. The molecule has 3 nitrogen and oxygen atoms in total. The molecule has 4 heteroatoms. The minimum Gasteiger partial charge on any atom is -0.345 e. The number of nitrogens with two attached hydrogens (primary N) is 1. The molecule has 1 heterocycles. The van der Waals surface area contributed by atoms with Crippen molar-refractivity contribution in [3.8, 4) is 11.3 Å². The monoisotopic (exact) mass is 207 g/mol. The second-order valence-electron chi connectivity index (χ2n) is 2.98. The van der Waals surface area contributed by atoms with Gasteiger partial charge in [-0.2, -0.15) is 0 Å². The van der Waals surface area contributed by atoms with E-state index in [9.17, 15) is 0 Å². The van der Waals surface area contributed by atoms with Crippen molar-refractivity contribution in [2.75, 3.05) is 0 Å². The summed E-state index contributed by atoms with van der Waals surface area (Å²) in [5.41, 5.74) is 8.52. The van der Waals surface area contributed by atoms with E-state index >= 15 is 0 Å². The smallest absolute Gasteiger partial charge is 0.0924 e. The van der Waals surface area contributed by atoms with Crippen LogP contribution in [0.1, 0.15) is 5.56 Å². The maximum absolute atomic E-state index is 5.95. The van der Waals surface area contributed by atoms with E-state index in [1.807, 2.05) is 18.2 Å². The third-order valence-corrected chi connectivity index (χ3v) is 2.44. The quantitative estimate of drug-likeness (QED) is 0.793. The SMILES string of the molecule is NCc1cc(-c2cnc[nH]2)ccc1Cl. The van der Waals surface area contributed by atoms with Crippen molar-refractivity contribution in [3.05, 3.63) is 41.3 Å². The standard InChI is InChI=1S/C10H10ClN3/c11-9-2-1-7(3-8(9)4-12)10-5-13-6-14-10/h1-3,5-6H,4,12H2,(H,13,14). The van der Waals surface area contributed by atoms with E-state index < -0.39 is 0 Å². The third kappa shape index (κ3) is 1.64. The van der Waals surface area contributed by atoms with E-state index in [1.165, 1.54) is 0 Å². The number of hydrogen-bond acceptors (Lipinski definition) is 2. The molecule has 0 aliphatic carbocycles. The molecule has 0 bridgehead atoms. The minimum absolute atomic E-state index is 0.445. The number of aromatic amines is 1. The first-order chi connectivity index (χ1) is 6.81. The molecule has 0 radical (unpaired) electrons. The molecular weight excluding hydrogens is 198 g/mol. The van der Waals surface area contributed by atoms with E-state index in [-0.39, 0.29) is 0 Å². The Bertz CT molecular complexity index is 423. The zero-order valence-corrected chi connectivity index (χ0v) is 8.25. The molecule has 2 rings (SSSR count). The van der Waals surface area contributed by atoms with Crippen molar-refractivity contribution in [2.24, 2.45) is 5.73 Å². The Balaban J connectivity index is 2.46. The fraction of sp³-hybridized carbons (Fsp3) is 0.100. The van der Waals surface area contributed by atoms with Gasteiger partial charge in [-0.15, -0.1) is 0 Å². The van der Waals surface area contributed by atoms with Crippen LogP contribution in [-0.2, 0) is 6.54 Å². The fourth-order valence-corrected chi connectivity index (χ4v) is 1.51. The van der Waals surface area contributed by atoms with Crippen molar-refractivity contribution in [3.63, 3.8) is 0 Å². The van der Waals surface area contributed by atoms with Crippen LogP contribution in [0.4, 0.5) is 0 Å². The number of benzene rings is 1. The number of hydrogen-bond donors (Lipinski definition) is 2. The lowest BCUT2D eigenvalue weighted by Crippen LogP contribution is -1.97. The number of aromatic nitrogens is 2. The van der Waals surface area contributed by atoms with Gasteiger partial charge in [0.15, 0.2) is 0 Å². The van der Waals surface area contributed by atoms with Gasteiger partial charge < -0.3 is 10.7 Å². The van der Waals surface area contributed by atoms with Gasteiger partial charge in [0.2, 0.25) is 0 Å². The van der Waals surface area contributed by atoms with Crippen molar-refractivity contribution >= 4 is 11.6 Å². The highest BCUT2D eigenvalue weighted by molar-refractivity contribution is 6.31. The molecule has 0 amide bonds. The van der Waals surface area contributed by atoms with Crippen LogP contribution >= 0.6 is 11.6 Å². The Hall–Kier alpha value is -1.32. The van der Waals surface area contributed by atoms with Gasteiger partial charge >= 0.3 is 0 Å². The number of nitrogens with one attached hydrogen (secondary N) is 1. The summed E-state index contributed by atoms with van der Waals surface area (Å²) in [5, 5.41) is 0.704.